The van der Waals surface area contributed by atoms with E-state index in [1.807, 2.05) is 11.0 Å². The van der Waals surface area contributed by atoms with Crippen molar-refractivity contribution in [1.82, 2.24) is 15.2 Å². The van der Waals surface area contributed by atoms with Gasteiger partial charge in [0, 0.05) is 47.4 Å². The van der Waals surface area contributed by atoms with Crippen LogP contribution in [0.5, 0.6) is 0 Å². The maximum Gasteiger partial charge on any atom is 0.230 e. The standard InChI is InChI=1S/C27H36N4O3/c1-27(2)11-10-21-24(16-27)29-30-25(21)23-14-18-4-7-19(15-22(18)28-23)31(12-13-34-3)26(33)17-5-8-20(32)9-6-17/h4,7,14-15,17,20,28,32H,5-6,8-13,16H2,1-3H3,(H,29,30)/t17-,20+. The van der Waals surface area contributed by atoms with Crippen molar-refractivity contribution in [2.45, 2.75) is 64.9 Å². The number of ether oxygens (including phenoxy) is 1. The number of nitrogens with zero attached hydrogens (tertiary/aromatic N) is 2. The van der Waals surface area contributed by atoms with Crippen LogP contribution in [-0.2, 0) is 22.4 Å². The van der Waals surface area contributed by atoms with Crippen LogP contribution in [0.25, 0.3) is 22.3 Å². The van der Waals surface area contributed by atoms with Gasteiger partial charge in [-0.1, -0.05) is 19.9 Å². The van der Waals surface area contributed by atoms with E-state index in [2.05, 4.69) is 47.2 Å². The molecule has 2 aliphatic carbocycles. The van der Waals surface area contributed by atoms with E-state index in [0.29, 0.717) is 31.4 Å². The lowest BCUT2D eigenvalue weighted by molar-refractivity contribution is -0.124. The second kappa shape index (κ2) is 9.19. The fourth-order valence-corrected chi connectivity index (χ4v) is 5.57. The van der Waals surface area contributed by atoms with Crippen molar-refractivity contribution in [3.8, 4) is 11.4 Å². The topological polar surface area (TPSA) is 94.2 Å². The minimum absolute atomic E-state index is 0.0463. The van der Waals surface area contributed by atoms with E-state index in [-0.39, 0.29) is 17.9 Å². The average Bonchev–Trinajstić information content (AvgIpc) is 3.42. The predicted octanol–water partition coefficient (Wildman–Crippen LogP) is 4.60. The van der Waals surface area contributed by atoms with Crippen LogP contribution >= 0.6 is 0 Å². The monoisotopic (exact) mass is 464 g/mol. The summed E-state index contributed by atoms with van der Waals surface area (Å²) >= 11 is 0. The number of anilines is 1. The molecular formula is C27H36N4O3. The second-order valence-electron chi connectivity index (χ2n) is 10.8. The predicted molar refractivity (Wildman–Crippen MR) is 134 cm³/mol. The number of methoxy groups -OCH3 is 1. The number of aromatic nitrogens is 3. The summed E-state index contributed by atoms with van der Waals surface area (Å²) in [6.45, 7) is 5.61. The zero-order valence-electron chi connectivity index (χ0n) is 20.5. The lowest BCUT2D eigenvalue weighted by atomic mass is 9.76. The lowest BCUT2D eigenvalue weighted by Crippen LogP contribution is -2.40. The van der Waals surface area contributed by atoms with Gasteiger partial charge in [0.25, 0.3) is 0 Å². The molecule has 0 radical (unpaired) electrons. The molecule has 0 unspecified atom stereocenters. The van der Waals surface area contributed by atoms with Crippen LogP contribution in [0.2, 0.25) is 0 Å². The molecule has 3 N–H and O–H groups in total. The van der Waals surface area contributed by atoms with Gasteiger partial charge in [-0.25, -0.2) is 0 Å². The third-order valence-electron chi connectivity index (χ3n) is 7.66. The number of hydrogen-bond acceptors (Lipinski definition) is 4. The number of rotatable bonds is 6. The zero-order valence-corrected chi connectivity index (χ0v) is 20.5. The number of aliphatic hydroxyl groups excluding tert-OH is 1. The third-order valence-corrected chi connectivity index (χ3v) is 7.66. The number of amides is 1. The van der Waals surface area contributed by atoms with E-state index in [1.165, 1.54) is 11.3 Å². The number of aliphatic hydroxyl groups is 1. The average molecular weight is 465 g/mol. The van der Waals surface area contributed by atoms with Crippen LogP contribution in [-0.4, -0.2) is 52.6 Å². The second-order valence-corrected chi connectivity index (χ2v) is 10.8. The summed E-state index contributed by atoms with van der Waals surface area (Å²) in [4.78, 5) is 18.8. The molecule has 0 atom stereocenters. The largest absolute Gasteiger partial charge is 0.393 e. The first-order valence-electron chi connectivity index (χ1n) is 12.5. The summed E-state index contributed by atoms with van der Waals surface area (Å²) in [5.74, 6) is 0.0778. The molecule has 7 heteroatoms. The van der Waals surface area contributed by atoms with E-state index in [9.17, 15) is 9.90 Å². The summed E-state index contributed by atoms with van der Waals surface area (Å²) in [7, 11) is 1.66. The van der Waals surface area contributed by atoms with Crippen molar-refractivity contribution < 1.29 is 14.6 Å². The van der Waals surface area contributed by atoms with Gasteiger partial charge in [-0.2, -0.15) is 5.10 Å². The van der Waals surface area contributed by atoms with Gasteiger partial charge in [-0.15, -0.1) is 0 Å². The maximum atomic E-state index is 13.4. The number of carbonyl (C=O) groups is 1. The Hall–Kier alpha value is -2.64. The normalized spacial score (nSPS) is 22.0. The molecule has 2 aliphatic rings. The van der Waals surface area contributed by atoms with E-state index in [0.717, 1.165) is 60.1 Å². The van der Waals surface area contributed by atoms with E-state index in [4.69, 9.17) is 4.74 Å². The number of aromatic amines is 2. The van der Waals surface area contributed by atoms with E-state index < -0.39 is 0 Å². The van der Waals surface area contributed by atoms with Crippen LogP contribution < -0.4 is 4.90 Å². The highest BCUT2D eigenvalue weighted by Crippen LogP contribution is 2.38. The van der Waals surface area contributed by atoms with Crippen molar-refractivity contribution >= 4 is 22.5 Å². The van der Waals surface area contributed by atoms with Gasteiger partial charge in [0.1, 0.15) is 5.69 Å². The first-order chi connectivity index (χ1) is 16.3. The first-order valence-corrected chi connectivity index (χ1v) is 12.5. The number of benzene rings is 1. The van der Waals surface area contributed by atoms with E-state index >= 15 is 0 Å². The molecule has 0 bridgehead atoms. The Labute approximate surface area is 200 Å². The molecule has 2 heterocycles. The van der Waals surface area contributed by atoms with Crippen molar-refractivity contribution in [3.05, 3.63) is 35.5 Å². The molecule has 7 nitrogen and oxygen atoms in total. The Morgan fingerprint density at radius 1 is 1.24 bits per heavy atom. The Balaban J connectivity index is 1.43. The maximum absolute atomic E-state index is 13.4. The fraction of sp³-hybridized carbons (Fsp3) is 0.556. The molecule has 3 aromatic rings. The minimum Gasteiger partial charge on any atom is -0.393 e. The van der Waals surface area contributed by atoms with Gasteiger partial charge in [0.15, 0.2) is 0 Å². The lowest BCUT2D eigenvalue weighted by Gasteiger charge is -2.30. The Morgan fingerprint density at radius 2 is 2.03 bits per heavy atom. The molecule has 182 valence electrons. The molecule has 2 aromatic heterocycles. The van der Waals surface area contributed by atoms with Gasteiger partial charge in [-0.05, 0) is 68.6 Å². The van der Waals surface area contributed by atoms with Crippen LogP contribution in [0.4, 0.5) is 5.69 Å². The summed E-state index contributed by atoms with van der Waals surface area (Å²) in [6.07, 6.45) is 5.80. The number of nitrogens with one attached hydrogen (secondary N) is 2. The van der Waals surface area contributed by atoms with Crippen molar-refractivity contribution in [1.29, 1.82) is 0 Å². The Morgan fingerprint density at radius 3 is 2.79 bits per heavy atom. The molecule has 34 heavy (non-hydrogen) atoms. The molecule has 0 saturated heterocycles. The van der Waals surface area contributed by atoms with Gasteiger partial charge in [0.2, 0.25) is 5.91 Å². The van der Waals surface area contributed by atoms with Gasteiger partial charge in [-0.3, -0.25) is 9.89 Å². The summed E-state index contributed by atoms with van der Waals surface area (Å²) in [5, 5.41) is 18.9. The van der Waals surface area contributed by atoms with Gasteiger partial charge in [0.05, 0.1) is 18.4 Å². The van der Waals surface area contributed by atoms with Gasteiger partial charge < -0.3 is 19.7 Å². The molecular weight excluding hydrogens is 428 g/mol. The molecule has 1 saturated carbocycles. The van der Waals surface area contributed by atoms with Crippen LogP contribution in [0.15, 0.2) is 24.3 Å². The highest BCUT2D eigenvalue weighted by Gasteiger charge is 2.31. The minimum atomic E-state index is -0.274. The fourth-order valence-electron chi connectivity index (χ4n) is 5.57. The quantitative estimate of drug-likeness (QED) is 0.497. The highest BCUT2D eigenvalue weighted by molar-refractivity contribution is 5.98. The molecule has 1 amide bonds. The number of fused-ring (bicyclic) bond motifs is 2. The molecule has 0 spiro atoms. The first kappa shape index (κ1) is 23.1. The SMILES string of the molecule is COCCN(c1ccc2cc(-c3n[nH]c4c3CCC(C)(C)C4)[nH]c2c1)C(=O)[C@H]1CC[C@@H](O)CC1. The van der Waals surface area contributed by atoms with Crippen LogP contribution in [0.1, 0.15) is 57.2 Å². The highest BCUT2D eigenvalue weighted by atomic mass is 16.5. The van der Waals surface area contributed by atoms with Gasteiger partial charge >= 0.3 is 0 Å². The van der Waals surface area contributed by atoms with E-state index in [1.54, 1.807) is 7.11 Å². The third kappa shape index (κ3) is 4.51. The zero-order chi connectivity index (χ0) is 23.9. The molecule has 1 aromatic carbocycles. The van der Waals surface area contributed by atoms with Crippen molar-refractivity contribution in [3.63, 3.8) is 0 Å². The molecule has 1 fully saturated rings. The van der Waals surface area contributed by atoms with Crippen LogP contribution in [0, 0.1) is 11.3 Å². The Bertz CT molecular complexity index is 1170. The number of carbonyl (C=O) groups excluding carboxylic acids is 1. The molecule has 0 aliphatic heterocycles. The number of H-pyrrole nitrogens is 2. The summed E-state index contributed by atoms with van der Waals surface area (Å²) < 4.78 is 5.30. The Kier molecular flexibility index (Phi) is 6.25. The smallest absolute Gasteiger partial charge is 0.230 e. The molecule has 5 rings (SSSR count). The summed E-state index contributed by atoms with van der Waals surface area (Å²) in [5.41, 5.74) is 6.77. The summed E-state index contributed by atoms with van der Waals surface area (Å²) in [6, 6.07) is 8.31. The van der Waals surface area contributed by atoms with Crippen LogP contribution in [0.3, 0.4) is 0 Å². The van der Waals surface area contributed by atoms with Crippen molar-refractivity contribution in [2.75, 3.05) is 25.2 Å². The van der Waals surface area contributed by atoms with Crippen molar-refractivity contribution in [2.24, 2.45) is 11.3 Å². The number of hydrogen-bond donors (Lipinski definition) is 3.